The monoisotopic (exact) mass is 337 g/mol. The molecule has 0 radical (unpaired) electrons. The Labute approximate surface area is 144 Å². The molecule has 0 spiro atoms. The second-order valence-corrected chi connectivity index (χ2v) is 6.07. The Kier molecular flexibility index (Phi) is 3.86. The van der Waals surface area contributed by atoms with Gasteiger partial charge in [0, 0.05) is 18.1 Å². The summed E-state index contributed by atoms with van der Waals surface area (Å²) in [6.45, 7) is 3.45. The van der Waals surface area contributed by atoms with E-state index in [9.17, 15) is 9.65 Å². The van der Waals surface area contributed by atoms with Crippen LogP contribution in [0.25, 0.3) is 10.9 Å². The average Bonchev–Trinajstić information content (AvgIpc) is 3.15. The molecule has 5 nitrogen and oxygen atoms in total. The van der Waals surface area contributed by atoms with Crippen LogP contribution in [0.4, 0.5) is 10.1 Å². The lowest BCUT2D eigenvalue weighted by molar-refractivity contribution is 0.0258. The van der Waals surface area contributed by atoms with Crippen molar-refractivity contribution in [3.05, 3.63) is 59.4 Å². The number of halogens is 1. The smallest absolute Gasteiger partial charge is 0.134 e. The van der Waals surface area contributed by atoms with Gasteiger partial charge in [0.05, 0.1) is 36.2 Å². The van der Waals surface area contributed by atoms with E-state index in [0.717, 1.165) is 11.3 Å². The standard InChI is InChI=1S/C19H16FN3O2/c1-12-7-14(20)8-15-18(12)22-10-13(9-21)19(15)23-4-6-25-17(11-23)16-3-2-5-24-16/h2-3,5,7-8,10,17H,4,6,11H2,1H3. The largest absolute Gasteiger partial charge is 0.467 e. The zero-order chi connectivity index (χ0) is 17.4. The third-order valence-corrected chi connectivity index (χ3v) is 4.46. The highest BCUT2D eigenvalue weighted by Crippen LogP contribution is 2.34. The predicted molar refractivity (Wildman–Crippen MR) is 90.8 cm³/mol. The Morgan fingerprint density at radius 1 is 1.40 bits per heavy atom. The maximum absolute atomic E-state index is 14.0. The number of furan rings is 1. The maximum atomic E-state index is 14.0. The minimum absolute atomic E-state index is 0.229. The van der Waals surface area contributed by atoms with Gasteiger partial charge in [-0.05, 0) is 36.8 Å². The lowest BCUT2D eigenvalue weighted by atomic mass is 10.0. The summed E-state index contributed by atoms with van der Waals surface area (Å²) >= 11 is 0. The summed E-state index contributed by atoms with van der Waals surface area (Å²) in [5, 5.41) is 10.2. The van der Waals surface area contributed by atoms with Crippen LogP contribution in [0.3, 0.4) is 0 Å². The molecular weight excluding hydrogens is 321 g/mol. The molecule has 1 atom stereocenters. The van der Waals surface area contributed by atoms with Crippen molar-refractivity contribution in [2.45, 2.75) is 13.0 Å². The molecule has 0 bridgehead atoms. The van der Waals surface area contributed by atoms with Crippen molar-refractivity contribution in [3.8, 4) is 6.07 Å². The van der Waals surface area contributed by atoms with Crippen LogP contribution in [0.2, 0.25) is 0 Å². The molecule has 1 aromatic carbocycles. The van der Waals surface area contributed by atoms with Gasteiger partial charge in [-0.1, -0.05) is 0 Å². The molecule has 6 heteroatoms. The predicted octanol–water partition coefficient (Wildman–Crippen LogP) is 3.72. The van der Waals surface area contributed by atoms with Crippen LogP contribution in [0.15, 0.2) is 41.1 Å². The van der Waals surface area contributed by atoms with E-state index < -0.39 is 0 Å². The highest BCUT2D eigenvalue weighted by molar-refractivity contribution is 5.96. The number of ether oxygens (including phenoxy) is 1. The van der Waals surface area contributed by atoms with Crippen molar-refractivity contribution in [3.63, 3.8) is 0 Å². The first-order chi connectivity index (χ1) is 12.2. The van der Waals surface area contributed by atoms with Crippen LogP contribution in [0, 0.1) is 24.1 Å². The summed E-state index contributed by atoms with van der Waals surface area (Å²) in [7, 11) is 0. The molecule has 1 aliphatic heterocycles. The summed E-state index contributed by atoms with van der Waals surface area (Å²) in [4.78, 5) is 6.41. The van der Waals surface area contributed by atoms with Gasteiger partial charge in [-0.3, -0.25) is 4.98 Å². The minimum atomic E-state index is -0.334. The third kappa shape index (κ3) is 2.73. The van der Waals surface area contributed by atoms with E-state index in [-0.39, 0.29) is 11.9 Å². The molecule has 0 aliphatic carbocycles. The summed E-state index contributed by atoms with van der Waals surface area (Å²) in [5.74, 6) is 0.405. The number of benzene rings is 1. The number of hydrogen-bond acceptors (Lipinski definition) is 5. The molecule has 0 amide bonds. The summed E-state index contributed by atoms with van der Waals surface area (Å²) < 4.78 is 25.3. The van der Waals surface area contributed by atoms with Crippen molar-refractivity contribution in [2.75, 3.05) is 24.6 Å². The Bertz CT molecular complexity index is 963. The Hall–Kier alpha value is -2.91. The van der Waals surface area contributed by atoms with Crippen molar-refractivity contribution >= 4 is 16.6 Å². The molecule has 0 N–H and O–H groups in total. The number of pyridine rings is 1. The van der Waals surface area contributed by atoms with Gasteiger partial charge in [0.2, 0.25) is 0 Å². The fourth-order valence-electron chi connectivity index (χ4n) is 3.34. The van der Waals surface area contributed by atoms with Gasteiger partial charge in [-0.15, -0.1) is 0 Å². The molecule has 1 saturated heterocycles. The van der Waals surface area contributed by atoms with Gasteiger partial charge in [0.25, 0.3) is 0 Å². The van der Waals surface area contributed by atoms with E-state index in [1.54, 1.807) is 12.5 Å². The van der Waals surface area contributed by atoms with Crippen LogP contribution >= 0.6 is 0 Å². The summed E-state index contributed by atoms with van der Waals surface area (Å²) in [6, 6.07) is 8.77. The van der Waals surface area contributed by atoms with E-state index in [4.69, 9.17) is 9.15 Å². The molecule has 1 fully saturated rings. The number of aromatic nitrogens is 1. The minimum Gasteiger partial charge on any atom is -0.467 e. The molecule has 3 aromatic rings. The average molecular weight is 337 g/mol. The van der Waals surface area contributed by atoms with E-state index in [1.807, 2.05) is 19.1 Å². The van der Waals surface area contributed by atoms with Crippen LogP contribution in [-0.2, 0) is 4.74 Å². The summed E-state index contributed by atoms with van der Waals surface area (Å²) in [6.07, 6.45) is 2.94. The zero-order valence-corrected chi connectivity index (χ0v) is 13.7. The van der Waals surface area contributed by atoms with Crippen LogP contribution in [0.5, 0.6) is 0 Å². The molecule has 1 unspecified atom stereocenters. The molecule has 3 heterocycles. The normalized spacial score (nSPS) is 17.6. The zero-order valence-electron chi connectivity index (χ0n) is 13.7. The molecule has 0 saturated carbocycles. The van der Waals surface area contributed by atoms with Gasteiger partial charge in [0.1, 0.15) is 23.8 Å². The first-order valence-electron chi connectivity index (χ1n) is 8.06. The quantitative estimate of drug-likeness (QED) is 0.713. The number of hydrogen-bond donors (Lipinski definition) is 0. The van der Waals surface area contributed by atoms with Crippen LogP contribution in [-0.4, -0.2) is 24.7 Å². The number of aryl methyl sites for hydroxylation is 1. The molecule has 2 aromatic heterocycles. The van der Waals surface area contributed by atoms with Crippen molar-refractivity contribution < 1.29 is 13.5 Å². The fourth-order valence-corrected chi connectivity index (χ4v) is 3.34. The fraction of sp³-hybridized carbons (Fsp3) is 0.263. The second kappa shape index (κ2) is 6.19. The van der Waals surface area contributed by atoms with E-state index in [0.29, 0.717) is 41.9 Å². The number of anilines is 1. The Morgan fingerprint density at radius 3 is 3.04 bits per heavy atom. The molecule has 25 heavy (non-hydrogen) atoms. The van der Waals surface area contributed by atoms with Gasteiger partial charge in [-0.2, -0.15) is 5.26 Å². The van der Waals surface area contributed by atoms with Crippen LogP contribution < -0.4 is 4.90 Å². The topological polar surface area (TPSA) is 62.3 Å². The van der Waals surface area contributed by atoms with E-state index in [2.05, 4.69) is 16.0 Å². The van der Waals surface area contributed by atoms with Gasteiger partial charge < -0.3 is 14.1 Å². The Balaban J connectivity index is 1.83. The molecule has 126 valence electrons. The molecule has 1 aliphatic rings. The van der Waals surface area contributed by atoms with Crippen molar-refractivity contribution in [1.29, 1.82) is 5.26 Å². The number of rotatable bonds is 2. The Morgan fingerprint density at radius 2 is 2.28 bits per heavy atom. The third-order valence-electron chi connectivity index (χ3n) is 4.46. The lowest BCUT2D eigenvalue weighted by Crippen LogP contribution is -2.38. The van der Waals surface area contributed by atoms with E-state index >= 15 is 0 Å². The van der Waals surface area contributed by atoms with Gasteiger partial charge in [-0.25, -0.2) is 4.39 Å². The summed E-state index contributed by atoms with van der Waals surface area (Å²) in [5.41, 5.74) is 2.58. The van der Waals surface area contributed by atoms with Crippen molar-refractivity contribution in [1.82, 2.24) is 4.98 Å². The SMILES string of the molecule is Cc1cc(F)cc2c(N3CCOC(c4ccco4)C3)c(C#N)cnc12. The number of nitrogens with zero attached hydrogens (tertiary/aromatic N) is 3. The lowest BCUT2D eigenvalue weighted by Gasteiger charge is -2.34. The first kappa shape index (κ1) is 15.6. The highest BCUT2D eigenvalue weighted by Gasteiger charge is 2.27. The van der Waals surface area contributed by atoms with Gasteiger partial charge in [0.15, 0.2) is 0 Å². The number of fused-ring (bicyclic) bond motifs is 1. The van der Waals surface area contributed by atoms with Gasteiger partial charge >= 0.3 is 0 Å². The van der Waals surface area contributed by atoms with E-state index in [1.165, 1.54) is 12.1 Å². The van der Waals surface area contributed by atoms with Crippen LogP contribution in [0.1, 0.15) is 23.0 Å². The number of nitriles is 1. The maximum Gasteiger partial charge on any atom is 0.134 e. The molecule has 4 rings (SSSR count). The first-order valence-corrected chi connectivity index (χ1v) is 8.06. The molecular formula is C19H16FN3O2. The number of morpholine rings is 1. The van der Waals surface area contributed by atoms with Crippen molar-refractivity contribution in [2.24, 2.45) is 0 Å². The highest BCUT2D eigenvalue weighted by atomic mass is 19.1. The second-order valence-electron chi connectivity index (χ2n) is 6.07.